The average molecular weight is 426 g/mol. The van der Waals surface area contributed by atoms with Gasteiger partial charge in [0.05, 0.1) is 17.8 Å². The lowest BCUT2D eigenvalue weighted by atomic mass is 10.1. The summed E-state index contributed by atoms with van der Waals surface area (Å²) in [4.78, 5) is 19.6. The van der Waals surface area contributed by atoms with Crippen molar-refractivity contribution in [1.29, 1.82) is 0 Å². The van der Waals surface area contributed by atoms with E-state index in [4.69, 9.17) is 16.3 Å². The molecule has 30 heavy (non-hydrogen) atoms. The molecule has 2 heterocycles. The number of piperazine rings is 1. The molecule has 0 atom stereocenters. The number of carbonyl (C=O) groups excluding carboxylic acids is 1. The molecule has 1 saturated heterocycles. The molecular weight excluding hydrogens is 398 g/mol. The number of hydrogen-bond acceptors (Lipinski definition) is 4. The molecule has 2 aliphatic rings. The van der Waals surface area contributed by atoms with E-state index in [9.17, 15) is 4.79 Å². The number of carbonyl (C=O) groups is 1. The van der Waals surface area contributed by atoms with Crippen molar-refractivity contribution in [3.05, 3.63) is 70.8 Å². The fourth-order valence-corrected chi connectivity index (χ4v) is 4.40. The normalized spacial score (nSPS) is 17.6. The van der Waals surface area contributed by atoms with Gasteiger partial charge < -0.3 is 14.5 Å². The zero-order chi connectivity index (χ0) is 20.9. The van der Waals surface area contributed by atoms with Crippen LogP contribution in [0.3, 0.4) is 0 Å². The van der Waals surface area contributed by atoms with E-state index in [0.29, 0.717) is 0 Å². The van der Waals surface area contributed by atoms with Crippen molar-refractivity contribution < 1.29 is 9.53 Å². The first-order valence-electron chi connectivity index (χ1n) is 10.5. The van der Waals surface area contributed by atoms with E-state index in [0.717, 1.165) is 74.3 Å². The van der Waals surface area contributed by atoms with Gasteiger partial charge in [0, 0.05) is 51.4 Å². The van der Waals surface area contributed by atoms with Crippen molar-refractivity contribution >= 4 is 23.2 Å². The fourth-order valence-electron chi connectivity index (χ4n) is 4.14. The number of hydrogen-bond donors (Lipinski definition) is 0. The van der Waals surface area contributed by atoms with Crippen LogP contribution in [0.15, 0.2) is 60.2 Å². The predicted molar refractivity (Wildman–Crippen MR) is 121 cm³/mol. The maximum Gasteiger partial charge on any atom is 0.249 e. The van der Waals surface area contributed by atoms with Crippen LogP contribution in [0.1, 0.15) is 12.0 Å². The van der Waals surface area contributed by atoms with Gasteiger partial charge in [-0.1, -0.05) is 41.9 Å². The summed E-state index contributed by atoms with van der Waals surface area (Å²) in [6.45, 7) is 5.65. The summed E-state index contributed by atoms with van der Waals surface area (Å²) in [6.07, 6.45) is 2.90. The smallest absolute Gasteiger partial charge is 0.249 e. The molecule has 0 aliphatic carbocycles. The van der Waals surface area contributed by atoms with Crippen LogP contribution in [0.25, 0.3) is 0 Å². The third-order valence-electron chi connectivity index (χ3n) is 5.87. The number of rotatable bonds is 5. The summed E-state index contributed by atoms with van der Waals surface area (Å²) >= 11 is 6.32. The highest BCUT2D eigenvalue weighted by molar-refractivity contribution is 6.33. The second-order valence-corrected chi connectivity index (χ2v) is 8.20. The first-order chi connectivity index (χ1) is 14.6. The molecule has 6 heteroatoms. The monoisotopic (exact) mass is 425 g/mol. The Hall–Kier alpha value is -2.50. The van der Waals surface area contributed by atoms with E-state index < -0.39 is 0 Å². The average Bonchev–Trinajstić information content (AvgIpc) is 2.80. The van der Waals surface area contributed by atoms with Gasteiger partial charge >= 0.3 is 0 Å². The van der Waals surface area contributed by atoms with Gasteiger partial charge in [-0.25, -0.2) is 0 Å². The second kappa shape index (κ2) is 9.54. The summed E-state index contributed by atoms with van der Waals surface area (Å²) in [6, 6.07) is 16.1. The minimum Gasteiger partial charge on any atom is -0.497 e. The molecule has 4 rings (SSSR count). The summed E-state index contributed by atoms with van der Waals surface area (Å²) < 4.78 is 5.31. The SMILES string of the molecule is COc1cccc(CN2CC=C(C(=O)N3CCN(c4ccccc4Cl)CC3)CC2)c1. The Bertz CT molecular complexity index is 922. The number of amides is 1. The highest BCUT2D eigenvalue weighted by Gasteiger charge is 2.26. The van der Waals surface area contributed by atoms with Crippen molar-refractivity contribution in [3.63, 3.8) is 0 Å². The van der Waals surface area contributed by atoms with Crippen LogP contribution in [0.2, 0.25) is 5.02 Å². The molecule has 2 aliphatic heterocycles. The van der Waals surface area contributed by atoms with Gasteiger partial charge in [0.15, 0.2) is 0 Å². The highest BCUT2D eigenvalue weighted by Crippen LogP contribution is 2.26. The van der Waals surface area contributed by atoms with Crippen molar-refractivity contribution in [2.24, 2.45) is 0 Å². The lowest BCUT2D eigenvalue weighted by molar-refractivity contribution is -0.127. The maximum atomic E-state index is 13.0. The van der Waals surface area contributed by atoms with Gasteiger partial charge in [-0.2, -0.15) is 0 Å². The number of benzene rings is 2. The number of ether oxygens (including phenoxy) is 1. The van der Waals surface area contributed by atoms with E-state index in [1.807, 2.05) is 41.3 Å². The minimum atomic E-state index is 0.190. The van der Waals surface area contributed by atoms with Crippen molar-refractivity contribution in [2.45, 2.75) is 13.0 Å². The zero-order valence-corrected chi connectivity index (χ0v) is 18.1. The number of para-hydroxylation sites is 1. The summed E-state index contributed by atoms with van der Waals surface area (Å²) in [5.74, 6) is 1.07. The molecule has 158 valence electrons. The molecule has 1 amide bonds. The molecule has 1 fully saturated rings. The van der Waals surface area contributed by atoms with Crippen molar-refractivity contribution in [1.82, 2.24) is 9.80 Å². The van der Waals surface area contributed by atoms with E-state index in [2.05, 4.69) is 28.0 Å². The van der Waals surface area contributed by atoms with Gasteiger partial charge in [-0.05, 0) is 36.2 Å². The Balaban J connectivity index is 1.30. The maximum absolute atomic E-state index is 13.0. The molecular formula is C24H28ClN3O2. The third-order valence-corrected chi connectivity index (χ3v) is 6.19. The van der Waals surface area contributed by atoms with E-state index in [-0.39, 0.29) is 5.91 Å². The number of methoxy groups -OCH3 is 1. The van der Waals surface area contributed by atoms with Crippen LogP contribution in [0.5, 0.6) is 5.75 Å². The molecule has 0 aromatic heterocycles. The van der Waals surface area contributed by atoms with Crippen LogP contribution in [0.4, 0.5) is 5.69 Å². The molecule has 5 nitrogen and oxygen atoms in total. The third kappa shape index (κ3) is 4.79. The lowest BCUT2D eigenvalue weighted by Crippen LogP contribution is -2.49. The standard InChI is InChI=1S/C24H28ClN3O2/c1-30-21-6-4-5-19(17-21)18-26-11-9-20(10-12-26)24(29)28-15-13-27(14-16-28)23-8-3-2-7-22(23)25/h2-9,17H,10-16,18H2,1H3. The quantitative estimate of drug-likeness (QED) is 0.729. The molecule has 0 saturated carbocycles. The highest BCUT2D eigenvalue weighted by atomic mass is 35.5. The Morgan fingerprint density at radius 3 is 2.53 bits per heavy atom. The Labute approximate surface area is 183 Å². The minimum absolute atomic E-state index is 0.190. The van der Waals surface area contributed by atoms with Crippen LogP contribution in [-0.2, 0) is 11.3 Å². The van der Waals surface area contributed by atoms with E-state index >= 15 is 0 Å². The summed E-state index contributed by atoms with van der Waals surface area (Å²) in [7, 11) is 1.69. The summed E-state index contributed by atoms with van der Waals surface area (Å²) in [5.41, 5.74) is 3.23. The van der Waals surface area contributed by atoms with E-state index in [1.54, 1.807) is 7.11 Å². The molecule has 0 unspecified atom stereocenters. The Kier molecular flexibility index (Phi) is 6.60. The van der Waals surface area contributed by atoms with Crippen LogP contribution in [-0.4, -0.2) is 62.1 Å². The van der Waals surface area contributed by atoms with Gasteiger partial charge in [0.2, 0.25) is 5.91 Å². The van der Waals surface area contributed by atoms with Crippen molar-refractivity contribution in [2.75, 3.05) is 51.3 Å². The van der Waals surface area contributed by atoms with Crippen LogP contribution >= 0.6 is 11.6 Å². The van der Waals surface area contributed by atoms with Crippen LogP contribution < -0.4 is 9.64 Å². The Morgan fingerprint density at radius 2 is 1.83 bits per heavy atom. The van der Waals surface area contributed by atoms with Gasteiger partial charge in [-0.3, -0.25) is 9.69 Å². The molecule has 0 radical (unpaired) electrons. The molecule has 2 aromatic rings. The summed E-state index contributed by atoms with van der Waals surface area (Å²) in [5, 5.41) is 0.767. The number of halogens is 1. The number of nitrogens with zero attached hydrogens (tertiary/aromatic N) is 3. The van der Waals surface area contributed by atoms with Gasteiger partial charge in [0.1, 0.15) is 5.75 Å². The van der Waals surface area contributed by atoms with Gasteiger partial charge in [-0.15, -0.1) is 0 Å². The zero-order valence-electron chi connectivity index (χ0n) is 17.4. The molecule has 0 bridgehead atoms. The van der Waals surface area contributed by atoms with Gasteiger partial charge in [0.25, 0.3) is 0 Å². The fraction of sp³-hybridized carbons (Fsp3) is 0.375. The first-order valence-corrected chi connectivity index (χ1v) is 10.8. The number of anilines is 1. The molecule has 0 N–H and O–H groups in total. The van der Waals surface area contributed by atoms with Crippen LogP contribution in [0, 0.1) is 0 Å². The second-order valence-electron chi connectivity index (χ2n) is 7.80. The predicted octanol–water partition coefficient (Wildman–Crippen LogP) is 3.83. The topological polar surface area (TPSA) is 36.0 Å². The first kappa shape index (κ1) is 20.8. The molecule has 2 aromatic carbocycles. The molecule has 0 spiro atoms. The largest absolute Gasteiger partial charge is 0.497 e. The Morgan fingerprint density at radius 1 is 1.03 bits per heavy atom. The lowest BCUT2D eigenvalue weighted by Gasteiger charge is -2.37. The van der Waals surface area contributed by atoms with E-state index in [1.165, 1.54) is 5.56 Å². The van der Waals surface area contributed by atoms with Crippen molar-refractivity contribution in [3.8, 4) is 5.75 Å².